The van der Waals surface area contributed by atoms with Gasteiger partial charge in [-0.05, 0) is 40.6 Å². The van der Waals surface area contributed by atoms with Crippen molar-refractivity contribution >= 4 is 56.7 Å². The van der Waals surface area contributed by atoms with E-state index in [2.05, 4.69) is 29.2 Å². The molecular formula is C19H12N2OS2. The van der Waals surface area contributed by atoms with Crippen molar-refractivity contribution in [3.05, 3.63) is 77.5 Å². The van der Waals surface area contributed by atoms with Crippen molar-refractivity contribution in [1.29, 1.82) is 0 Å². The van der Waals surface area contributed by atoms with E-state index < -0.39 is 0 Å². The van der Waals surface area contributed by atoms with Gasteiger partial charge in [-0.2, -0.15) is 0 Å². The molecule has 1 aromatic heterocycles. The van der Waals surface area contributed by atoms with Crippen LogP contribution in [0.25, 0.3) is 16.8 Å². The lowest BCUT2D eigenvalue weighted by molar-refractivity contribution is -0.113. The number of rotatable bonds is 2. The quantitative estimate of drug-likeness (QED) is 0.499. The number of fused-ring (bicyclic) bond motifs is 1. The van der Waals surface area contributed by atoms with Crippen LogP contribution < -0.4 is 4.90 Å². The molecular weight excluding hydrogens is 336 g/mol. The van der Waals surface area contributed by atoms with Crippen LogP contribution in [0.4, 0.5) is 5.69 Å². The predicted octanol–water partition coefficient (Wildman–Crippen LogP) is 4.64. The van der Waals surface area contributed by atoms with E-state index >= 15 is 0 Å². The average molecular weight is 348 g/mol. The first kappa shape index (κ1) is 15.1. The van der Waals surface area contributed by atoms with Gasteiger partial charge in [-0.1, -0.05) is 60.4 Å². The molecule has 1 saturated heterocycles. The summed E-state index contributed by atoms with van der Waals surface area (Å²) in [6.07, 6.45) is 5.21. The number of nitrogens with zero attached hydrogens (tertiary/aromatic N) is 2. The van der Waals surface area contributed by atoms with Crippen molar-refractivity contribution in [3.8, 4) is 0 Å². The number of pyridine rings is 1. The molecule has 0 radical (unpaired) electrons. The third-order valence-electron chi connectivity index (χ3n) is 3.77. The molecule has 0 unspecified atom stereocenters. The molecule has 0 spiro atoms. The number of amides is 1. The molecule has 1 aliphatic rings. The summed E-state index contributed by atoms with van der Waals surface area (Å²) in [6, 6.07) is 17.9. The molecule has 1 amide bonds. The number of thiocarbonyl (C=S) groups is 1. The lowest BCUT2D eigenvalue weighted by atomic mass is 10.1. The second-order valence-corrected chi connectivity index (χ2v) is 7.01. The number of carbonyl (C=O) groups excluding carboxylic acids is 1. The molecule has 0 aliphatic carbocycles. The molecule has 3 aromatic rings. The van der Waals surface area contributed by atoms with E-state index in [1.165, 1.54) is 22.0 Å². The summed E-state index contributed by atoms with van der Waals surface area (Å²) in [5.41, 5.74) is 1.68. The molecule has 0 bridgehead atoms. The fourth-order valence-electron chi connectivity index (χ4n) is 2.63. The maximum Gasteiger partial charge on any atom is 0.270 e. The van der Waals surface area contributed by atoms with Crippen molar-refractivity contribution in [3.63, 3.8) is 0 Å². The maximum absolute atomic E-state index is 12.7. The van der Waals surface area contributed by atoms with Gasteiger partial charge in [-0.3, -0.25) is 14.7 Å². The monoisotopic (exact) mass is 348 g/mol. The van der Waals surface area contributed by atoms with Crippen LogP contribution in [0.15, 0.2) is 71.9 Å². The van der Waals surface area contributed by atoms with Gasteiger partial charge in [0, 0.05) is 6.20 Å². The predicted molar refractivity (Wildman–Crippen MR) is 104 cm³/mol. The Morgan fingerprint density at radius 1 is 1.04 bits per heavy atom. The first-order valence-corrected chi connectivity index (χ1v) is 8.62. The van der Waals surface area contributed by atoms with Crippen molar-refractivity contribution in [2.45, 2.75) is 0 Å². The molecule has 5 heteroatoms. The maximum atomic E-state index is 12.7. The summed E-state index contributed by atoms with van der Waals surface area (Å²) in [6.45, 7) is 0. The van der Waals surface area contributed by atoms with Crippen LogP contribution in [0, 0.1) is 0 Å². The Kier molecular flexibility index (Phi) is 3.88. The molecule has 1 aliphatic heterocycles. The van der Waals surface area contributed by atoms with E-state index in [0.29, 0.717) is 14.9 Å². The van der Waals surface area contributed by atoms with Crippen LogP contribution in [0.1, 0.15) is 5.56 Å². The second kappa shape index (κ2) is 6.19. The highest BCUT2D eigenvalue weighted by molar-refractivity contribution is 8.27. The van der Waals surface area contributed by atoms with Crippen molar-refractivity contribution in [2.24, 2.45) is 0 Å². The first-order valence-electron chi connectivity index (χ1n) is 7.39. The number of benzene rings is 2. The van der Waals surface area contributed by atoms with Gasteiger partial charge in [0.15, 0.2) is 4.32 Å². The number of hydrogen-bond acceptors (Lipinski definition) is 4. The molecule has 2 aromatic carbocycles. The van der Waals surface area contributed by atoms with E-state index in [1.807, 2.05) is 30.3 Å². The molecule has 0 N–H and O–H groups in total. The molecule has 1 fully saturated rings. The van der Waals surface area contributed by atoms with Crippen molar-refractivity contribution < 1.29 is 4.79 Å². The molecule has 0 atom stereocenters. The van der Waals surface area contributed by atoms with Crippen LogP contribution in [-0.4, -0.2) is 15.2 Å². The fraction of sp³-hybridized carbons (Fsp3) is 0. The number of anilines is 1. The van der Waals surface area contributed by atoms with E-state index in [4.69, 9.17) is 12.2 Å². The summed E-state index contributed by atoms with van der Waals surface area (Å²) < 4.78 is 0.528. The first-order chi connectivity index (χ1) is 11.7. The summed E-state index contributed by atoms with van der Waals surface area (Å²) in [4.78, 5) is 18.9. The Morgan fingerprint density at radius 3 is 2.67 bits per heavy atom. The van der Waals surface area contributed by atoms with Gasteiger partial charge in [0.1, 0.15) is 0 Å². The number of hydrogen-bond donors (Lipinski definition) is 0. The zero-order valence-electron chi connectivity index (χ0n) is 12.5. The van der Waals surface area contributed by atoms with Gasteiger partial charge in [-0.25, -0.2) is 0 Å². The summed E-state index contributed by atoms with van der Waals surface area (Å²) >= 11 is 6.69. The highest BCUT2D eigenvalue weighted by atomic mass is 32.2. The Labute approximate surface area is 149 Å². The minimum Gasteiger partial charge on any atom is -0.268 e. The molecule has 2 heterocycles. The second-order valence-electron chi connectivity index (χ2n) is 5.33. The van der Waals surface area contributed by atoms with Gasteiger partial charge in [0.25, 0.3) is 5.91 Å². The van der Waals surface area contributed by atoms with Crippen molar-refractivity contribution in [1.82, 2.24) is 4.98 Å². The fourth-order valence-corrected chi connectivity index (χ4v) is 3.92. The van der Waals surface area contributed by atoms with Gasteiger partial charge >= 0.3 is 0 Å². The normalized spacial score (nSPS) is 16.3. The van der Waals surface area contributed by atoms with Crippen LogP contribution >= 0.6 is 24.0 Å². The van der Waals surface area contributed by atoms with Gasteiger partial charge < -0.3 is 0 Å². The van der Waals surface area contributed by atoms with Crippen LogP contribution in [-0.2, 0) is 4.79 Å². The number of carbonyl (C=O) groups is 1. The van der Waals surface area contributed by atoms with Crippen LogP contribution in [0.2, 0.25) is 0 Å². The Bertz CT molecular complexity index is 983. The summed E-state index contributed by atoms with van der Waals surface area (Å²) in [5.74, 6) is -0.105. The molecule has 24 heavy (non-hydrogen) atoms. The number of aromatic nitrogens is 1. The highest BCUT2D eigenvalue weighted by Gasteiger charge is 2.33. The van der Waals surface area contributed by atoms with E-state index in [9.17, 15) is 4.79 Å². The van der Waals surface area contributed by atoms with Crippen molar-refractivity contribution in [2.75, 3.05) is 4.90 Å². The molecule has 3 nitrogen and oxygen atoms in total. The zero-order chi connectivity index (χ0) is 16.5. The Morgan fingerprint density at radius 2 is 1.88 bits per heavy atom. The number of thioether (sulfide) groups is 1. The van der Waals surface area contributed by atoms with Gasteiger partial charge in [0.2, 0.25) is 0 Å². The largest absolute Gasteiger partial charge is 0.270 e. The molecule has 4 rings (SSSR count). The highest BCUT2D eigenvalue weighted by Crippen LogP contribution is 2.35. The van der Waals surface area contributed by atoms with Gasteiger partial charge in [-0.15, -0.1) is 0 Å². The Balaban J connectivity index is 1.70. The third-order valence-corrected chi connectivity index (χ3v) is 5.07. The van der Waals surface area contributed by atoms with Gasteiger partial charge in [0.05, 0.1) is 16.8 Å². The summed E-state index contributed by atoms with van der Waals surface area (Å²) in [5, 5.41) is 2.33. The SMILES string of the molecule is O=C1/C(=C\c2ccc3ccccc3c2)SC(=S)N1c1cccnc1. The average Bonchev–Trinajstić information content (AvgIpc) is 2.89. The van der Waals surface area contributed by atoms with E-state index in [-0.39, 0.29) is 5.91 Å². The minimum atomic E-state index is -0.105. The van der Waals surface area contributed by atoms with Crippen LogP contribution in [0.3, 0.4) is 0 Å². The zero-order valence-corrected chi connectivity index (χ0v) is 14.2. The van der Waals surface area contributed by atoms with E-state index in [1.54, 1.807) is 18.5 Å². The topological polar surface area (TPSA) is 33.2 Å². The minimum absolute atomic E-state index is 0.105. The van der Waals surface area contributed by atoms with Crippen LogP contribution in [0.5, 0.6) is 0 Å². The molecule has 116 valence electrons. The third kappa shape index (κ3) is 2.72. The van der Waals surface area contributed by atoms with E-state index in [0.717, 1.165) is 10.9 Å². The smallest absolute Gasteiger partial charge is 0.268 e. The standard InChI is InChI=1S/C19H12N2OS2/c22-18-17(24-19(23)21(18)16-6-3-9-20-12-16)11-13-7-8-14-4-1-2-5-15(14)10-13/h1-12H/b17-11+. The Hall–Kier alpha value is -2.50. The molecule has 0 saturated carbocycles. The summed E-state index contributed by atoms with van der Waals surface area (Å²) in [7, 11) is 0. The lowest BCUT2D eigenvalue weighted by Crippen LogP contribution is -2.27. The lowest BCUT2D eigenvalue weighted by Gasteiger charge is -2.13.